The largest absolute Gasteiger partial charge is 0.483 e. The van der Waals surface area contributed by atoms with E-state index in [-0.39, 0.29) is 11.7 Å². The van der Waals surface area contributed by atoms with E-state index in [1.165, 1.54) is 11.1 Å². The molecular weight excluding hydrogens is 574 g/mol. The highest BCUT2D eigenvalue weighted by Crippen LogP contribution is 2.36. The lowest BCUT2D eigenvalue weighted by Gasteiger charge is -2.11. The number of Topliss-reactive ketones (excluding diaryl/α,β-unsaturated/α-hetero) is 1. The molecule has 248 valence electrons. The first-order valence-electron chi connectivity index (χ1n) is 16.3. The maximum Gasteiger partial charge on any atom is 0.213 e. The summed E-state index contributed by atoms with van der Waals surface area (Å²) in [6.07, 6.45) is 7.34. The second-order valence-electron chi connectivity index (χ2n) is 10.6. The summed E-state index contributed by atoms with van der Waals surface area (Å²) in [5, 5.41) is 0.630. The summed E-state index contributed by atoms with van der Waals surface area (Å²) in [4.78, 5) is 12.6. The van der Waals surface area contributed by atoms with E-state index in [4.69, 9.17) is 16.3 Å². The predicted octanol–water partition coefficient (Wildman–Crippen LogP) is 11.8. The lowest BCUT2D eigenvalue weighted by atomic mass is 9.93. The molecule has 2 aromatic carbocycles. The topological polar surface area (TPSA) is 29.3 Å². The smallest absolute Gasteiger partial charge is 0.213 e. The number of nitrogens with zero attached hydrogens (tertiary/aromatic N) is 1. The van der Waals surface area contributed by atoms with Crippen molar-refractivity contribution in [2.45, 2.75) is 89.0 Å². The van der Waals surface area contributed by atoms with Crippen LogP contribution in [0.3, 0.4) is 0 Å². The standard InChI is InChI=1S/C19H21ClO.C14H20NO.C4H8.2C2H6/c1-5-7-15-11-16(18(21)10-13(3)14(15)4)19-12(2)8-6-9-17(19)20;1-5-13(15(4)6-2)11-16-14-9-7-12(3)8-10-14;1-4(2)3;2*1-2/h6-9,11,13H,4-5,10H2,1-3H3;5,7-10H,1,6,11H2,2-4H3;1H2,2-3H3;2*1-2H3/q;+1;;;/b15-7-;;;;. The van der Waals surface area contributed by atoms with Gasteiger partial charge in [-0.1, -0.05) is 108 Å². The predicted molar refractivity (Wildman–Crippen MR) is 202 cm³/mol. The van der Waals surface area contributed by atoms with Gasteiger partial charge in [-0.15, -0.1) is 6.58 Å². The molecule has 3 rings (SSSR count). The van der Waals surface area contributed by atoms with Gasteiger partial charge in [-0.25, -0.2) is 4.58 Å². The van der Waals surface area contributed by atoms with Crippen molar-refractivity contribution in [1.29, 1.82) is 0 Å². The van der Waals surface area contributed by atoms with Crippen LogP contribution in [-0.4, -0.2) is 36.3 Å². The van der Waals surface area contributed by atoms with Crippen LogP contribution < -0.4 is 4.74 Å². The number of carbonyl (C=O) groups is 1. The fourth-order valence-electron chi connectivity index (χ4n) is 4.04. The Labute approximate surface area is 281 Å². The number of hydrogen-bond acceptors (Lipinski definition) is 2. The zero-order valence-electron chi connectivity index (χ0n) is 30.4. The van der Waals surface area contributed by atoms with Crippen LogP contribution in [0.25, 0.3) is 5.57 Å². The van der Waals surface area contributed by atoms with Gasteiger partial charge in [0, 0.05) is 28.7 Å². The number of ketones is 1. The zero-order valence-corrected chi connectivity index (χ0v) is 31.2. The van der Waals surface area contributed by atoms with E-state index >= 15 is 0 Å². The molecule has 0 aromatic heterocycles. The maximum absolute atomic E-state index is 12.6. The summed E-state index contributed by atoms with van der Waals surface area (Å²) in [5.74, 6) is 1.20. The van der Waals surface area contributed by atoms with Crippen molar-refractivity contribution < 1.29 is 14.1 Å². The summed E-state index contributed by atoms with van der Waals surface area (Å²) in [6, 6.07) is 13.8. The molecule has 0 radical (unpaired) electrons. The molecule has 2 aromatic rings. The summed E-state index contributed by atoms with van der Waals surface area (Å²) < 4.78 is 7.81. The van der Waals surface area contributed by atoms with Crippen LogP contribution in [0.1, 0.15) is 91.8 Å². The van der Waals surface area contributed by atoms with Crippen molar-refractivity contribution >= 4 is 28.7 Å². The Morgan fingerprint density at radius 3 is 2.07 bits per heavy atom. The van der Waals surface area contributed by atoms with Gasteiger partial charge in [0.05, 0.1) is 0 Å². The average molecular weight is 635 g/mol. The molecule has 0 saturated carbocycles. The van der Waals surface area contributed by atoms with Crippen LogP contribution in [0.15, 0.2) is 97.1 Å². The first-order valence-corrected chi connectivity index (χ1v) is 16.6. The Balaban J connectivity index is 0. The zero-order chi connectivity index (χ0) is 35.1. The van der Waals surface area contributed by atoms with E-state index in [9.17, 15) is 4.79 Å². The van der Waals surface area contributed by atoms with Gasteiger partial charge in [0.1, 0.15) is 19.3 Å². The van der Waals surface area contributed by atoms with E-state index in [1.54, 1.807) is 0 Å². The lowest BCUT2D eigenvalue weighted by Crippen LogP contribution is -2.21. The van der Waals surface area contributed by atoms with Gasteiger partial charge in [0.15, 0.2) is 12.4 Å². The van der Waals surface area contributed by atoms with Gasteiger partial charge in [0.25, 0.3) is 0 Å². The number of ether oxygens (including phenoxy) is 1. The highest BCUT2D eigenvalue weighted by Gasteiger charge is 2.25. The first kappa shape index (κ1) is 43.7. The summed E-state index contributed by atoms with van der Waals surface area (Å²) in [6.45, 7) is 35.3. The van der Waals surface area contributed by atoms with E-state index in [0.29, 0.717) is 23.6 Å². The van der Waals surface area contributed by atoms with Crippen molar-refractivity contribution in [2.75, 3.05) is 20.2 Å². The Morgan fingerprint density at radius 2 is 1.60 bits per heavy atom. The second kappa shape index (κ2) is 24.8. The Bertz CT molecular complexity index is 1290. The van der Waals surface area contributed by atoms with Crippen molar-refractivity contribution in [3.05, 3.63) is 119 Å². The fraction of sp³-hybridized carbons (Fsp3) is 0.415. The van der Waals surface area contributed by atoms with Gasteiger partial charge in [-0.3, -0.25) is 4.79 Å². The number of benzene rings is 2. The Hall–Kier alpha value is -3.43. The minimum absolute atomic E-state index is 0.138. The number of hydrogen-bond donors (Lipinski definition) is 0. The third kappa shape index (κ3) is 16.5. The Kier molecular flexibility index (Phi) is 24.1. The third-order valence-electron chi connectivity index (χ3n) is 6.58. The normalized spacial score (nSPS) is 15.1. The monoisotopic (exact) mass is 634 g/mol. The van der Waals surface area contributed by atoms with Gasteiger partial charge < -0.3 is 4.74 Å². The van der Waals surface area contributed by atoms with E-state index in [0.717, 1.165) is 46.7 Å². The first-order chi connectivity index (χ1) is 21.4. The molecule has 0 bridgehead atoms. The summed E-state index contributed by atoms with van der Waals surface area (Å²) in [5.41, 5.74) is 8.19. The highest BCUT2D eigenvalue weighted by atomic mass is 35.5. The number of halogens is 1. The van der Waals surface area contributed by atoms with Gasteiger partial charge >= 0.3 is 0 Å². The summed E-state index contributed by atoms with van der Waals surface area (Å²) >= 11 is 6.34. The van der Waals surface area contributed by atoms with Crippen molar-refractivity contribution in [1.82, 2.24) is 0 Å². The van der Waals surface area contributed by atoms with E-state index in [1.807, 2.05) is 110 Å². The molecule has 0 aliphatic heterocycles. The molecule has 45 heavy (non-hydrogen) atoms. The quantitative estimate of drug-likeness (QED) is 0.172. The molecule has 0 saturated heterocycles. The fourth-order valence-corrected chi connectivity index (χ4v) is 4.36. The number of carbonyl (C=O) groups excluding carboxylic acids is 1. The highest BCUT2D eigenvalue weighted by molar-refractivity contribution is 6.35. The molecule has 1 aliphatic carbocycles. The Morgan fingerprint density at radius 1 is 1.04 bits per heavy atom. The molecule has 3 nitrogen and oxygen atoms in total. The molecule has 1 aliphatic rings. The molecule has 0 fully saturated rings. The van der Waals surface area contributed by atoms with Crippen LogP contribution in [0.4, 0.5) is 0 Å². The lowest BCUT2D eigenvalue weighted by molar-refractivity contribution is -0.493. The average Bonchev–Trinajstić information content (AvgIpc) is 3.12. The molecular formula is C41H61ClNO2+. The molecule has 0 N–H and O–H groups in total. The van der Waals surface area contributed by atoms with E-state index < -0.39 is 0 Å². The molecule has 1 atom stereocenters. The third-order valence-corrected chi connectivity index (χ3v) is 6.90. The minimum Gasteiger partial charge on any atom is -0.483 e. The van der Waals surface area contributed by atoms with Gasteiger partial charge in [-0.2, -0.15) is 0 Å². The van der Waals surface area contributed by atoms with Crippen LogP contribution in [-0.2, 0) is 4.79 Å². The van der Waals surface area contributed by atoms with E-state index in [2.05, 4.69) is 58.1 Å². The van der Waals surface area contributed by atoms with Gasteiger partial charge in [0.2, 0.25) is 5.71 Å². The van der Waals surface area contributed by atoms with Crippen molar-refractivity contribution in [2.24, 2.45) is 5.92 Å². The molecule has 0 spiro atoms. The number of aryl methyl sites for hydroxylation is 2. The van der Waals surface area contributed by atoms with Crippen molar-refractivity contribution in [3.8, 4) is 5.75 Å². The SMILES string of the molecule is C=C(C)C.C=C1/C(=C\CC)C=C(c2c(C)cccc2Cl)C(=O)CC1C.C=CC(COc1ccc(C)cc1)=[N+](C)CC.CC.CC. The molecule has 1 unspecified atom stereocenters. The maximum atomic E-state index is 12.6. The van der Waals surface area contributed by atoms with Crippen LogP contribution in [0.2, 0.25) is 5.02 Å². The van der Waals surface area contributed by atoms with Crippen LogP contribution in [0.5, 0.6) is 5.75 Å². The number of allylic oxidation sites excluding steroid dienone is 6. The molecule has 0 amide bonds. The summed E-state index contributed by atoms with van der Waals surface area (Å²) in [7, 11) is 2.04. The minimum atomic E-state index is 0.138. The van der Waals surface area contributed by atoms with Crippen LogP contribution >= 0.6 is 11.6 Å². The second-order valence-corrected chi connectivity index (χ2v) is 11.0. The number of rotatable bonds is 7. The van der Waals surface area contributed by atoms with Crippen molar-refractivity contribution in [3.63, 3.8) is 0 Å². The van der Waals surface area contributed by atoms with Gasteiger partial charge in [-0.05, 0) is 87.9 Å². The van der Waals surface area contributed by atoms with Crippen LogP contribution in [0, 0.1) is 19.8 Å². The molecule has 0 heterocycles. The molecule has 4 heteroatoms.